The third-order valence-electron chi connectivity index (χ3n) is 9.35. The van der Waals surface area contributed by atoms with Crippen molar-refractivity contribution in [3.8, 4) is 11.3 Å². The second-order valence-corrected chi connectivity index (χ2v) is 15.5. The number of nitrogens with zero attached hydrogens (tertiary/aromatic N) is 2. The van der Waals surface area contributed by atoms with Gasteiger partial charge in [0.2, 0.25) is 0 Å². The summed E-state index contributed by atoms with van der Waals surface area (Å²) in [6, 6.07) is 9.75. The van der Waals surface area contributed by atoms with Crippen LogP contribution in [0.15, 0.2) is 65.4 Å². The molecule has 0 saturated heterocycles. The minimum atomic E-state index is -1.44. The first kappa shape index (κ1) is 42.9. The Kier molecular flexibility index (Phi) is 15.8. The number of benzene rings is 1. The van der Waals surface area contributed by atoms with Crippen molar-refractivity contribution in [3.05, 3.63) is 71.0 Å². The maximum absolute atomic E-state index is 12.8. The molecular formula is C42H59N5O5S. The number of rotatable bonds is 17. The number of aromatic nitrogens is 2. The smallest absolute Gasteiger partial charge is 0.408 e. The molecule has 0 radical (unpaired) electrons. The summed E-state index contributed by atoms with van der Waals surface area (Å²) < 4.78 is 6.41. The van der Waals surface area contributed by atoms with Crippen molar-refractivity contribution in [2.45, 2.75) is 125 Å². The summed E-state index contributed by atoms with van der Waals surface area (Å²) in [6.45, 7) is 20.2. The van der Waals surface area contributed by atoms with Crippen LogP contribution in [0.5, 0.6) is 0 Å². The van der Waals surface area contributed by atoms with Crippen LogP contribution in [-0.2, 0) is 9.53 Å². The van der Waals surface area contributed by atoms with E-state index in [1.807, 2.05) is 32.0 Å². The van der Waals surface area contributed by atoms with Crippen LogP contribution in [0, 0.1) is 5.92 Å². The minimum Gasteiger partial charge on any atom is -0.480 e. The van der Waals surface area contributed by atoms with Gasteiger partial charge in [0.25, 0.3) is 0 Å². The largest absolute Gasteiger partial charge is 0.480 e. The lowest BCUT2D eigenvalue weighted by Crippen LogP contribution is -2.55. The van der Waals surface area contributed by atoms with Crippen LogP contribution in [-0.4, -0.2) is 50.9 Å². The third kappa shape index (κ3) is 12.0. The molecule has 0 saturated carbocycles. The van der Waals surface area contributed by atoms with Crippen molar-refractivity contribution in [3.63, 3.8) is 0 Å². The Morgan fingerprint density at radius 3 is 2.30 bits per heavy atom. The predicted octanol–water partition coefficient (Wildman–Crippen LogP) is 10.9. The normalized spacial score (nSPS) is 14.6. The lowest BCUT2D eigenvalue weighted by Gasteiger charge is -2.33. The number of nitrogens with one attached hydrogen (secondary N) is 3. The highest BCUT2D eigenvalue weighted by Gasteiger charge is 2.40. The van der Waals surface area contributed by atoms with Gasteiger partial charge in [-0.05, 0) is 127 Å². The number of hydrogen-bond donors (Lipinski definition) is 4. The summed E-state index contributed by atoms with van der Waals surface area (Å²) in [5.41, 5.74) is 5.89. The summed E-state index contributed by atoms with van der Waals surface area (Å²) >= 11 is 1.42. The molecule has 2 heterocycles. The van der Waals surface area contributed by atoms with E-state index in [2.05, 4.69) is 79.8 Å². The zero-order valence-electron chi connectivity index (χ0n) is 33.2. The van der Waals surface area contributed by atoms with Crippen LogP contribution in [0.1, 0.15) is 120 Å². The van der Waals surface area contributed by atoms with Crippen LogP contribution in [0.3, 0.4) is 0 Å². The van der Waals surface area contributed by atoms with Crippen molar-refractivity contribution in [1.82, 2.24) is 20.6 Å². The maximum atomic E-state index is 12.8. The molecule has 0 aliphatic heterocycles. The molecule has 3 aromatic rings. The summed E-state index contributed by atoms with van der Waals surface area (Å²) in [7, 11) is 0. The fourth-order valence-corrected chi connectivity index (χ4v) is 7.34. The van der Waals surface area contributed by atoms with E-state index in [4.69, 9.17) is 9.72 Å². The SMILES string of the molecule is CCCC(CCC(CC)C(C)=C(C=C(C=C(C)CC)c1cc(-c2ccccn2)c2sc(NC(=O)NCC)nc2c1)CC)(NC(=O)OC(C)(C)C)C(=O)O. The van der Waals surface area contributed by atoms with E-state index in [9.17, 15) is 19.5 Å². The molecule has 0 spiro atoms. The van der Waals surface area contributed by atoms with Gasteiger partial charge in [0.1, 0.15) is 11.1 Å². The van der Waals surface area contributed by atoms with E-state index in [0.29, 0.717) is 30.9 Å². The lowest BCUT2D eigenvalue weighted by atomic mass is 9.81. The summed E-state index contributed by atoms with van der Waals surface area (Å²) in [5, 5.41) is 19.3. The minimum absolute atomic E-state index is 0.0859. The quantitative estimate of drug-likeness (QED) is 0.101. The summed E-state index contributed by atoms with van der Waals surface area (Å²) in [5.74, 6) is -0.965. The number of thiazole rings is 1. The second kappa shape index (κ2) is 19.5. The number of ether oxygens (including phenoxy) is 1. The predicted molar refractivity (Wildman–Crippen MR) is 218 cm³/mol. The summed E-state index contributed by atoms with van der Waals surface area (Å²) in [6.07, 6.45) is 9.72. The van der Waals surface area contributed by atoms with E-state index in [-0.39, 0.29) is 18.4 Å². The second-order valence-electron chi connectivity index (χ2n) is 14.5. The third-order valence-corrected chi connectivity index (χ3v) is 10.4. The number of amides is 3. The van der Waals surface area contributed by atoms with Crippen LogP contribution in [0.4, 0.5) is 14.7 Å². The van der Waals surface area contributed by atoms with Crippen molar-refractivity contribution in [1.29, 1.82) is 0 Å². The van der Waals surface area contributed by atoms with Crippen molar-refractivity contribution >= 4 is 50.4 Å². The van der Waals surface area contributed by atoms with Crippen LogP contribution in [0.25, 0.3) is 27.0 Å². The number of fused-ring (bicyclic) bond motifs is 1. The number of hydrogen-bond acceptors (Lipinski definition) is 7. The molecular weight excluding hydrogens is 687 g/mol. The van der Waals surface area contributed by atoms with Gasteiger partial charge in [-0.25, -0.2) is 19.4 Å². The topological polar surface area (TPSA) is 143 Å². The Morgan fingerprint density at radius 1 is 1.00 bits per heavy atom. The Labute approximate surface area is 319 Å². The van der Waals surface area contributed by atoms with E-state index >= 15 is 0 Å². The average molecular weight is 746 g/mol. The van der Waals surface area contributed by atoms with Crippen LogP contribution < -0.4 is 16.0 Å². The molecule has 10 nitrogen and oxygen atoms in total. The number of pyridine rings is 1. The van der Waals surface area contributed by atoms with E-state index in [1.165, 1.54) is 28.1 Å². The zero-order chi connectivity index (χ0) is 39.3. The van der Waals surface area contributed by atoms with Gasteiger partial charge in [0, 0.05) is 18.3 Å². The van der Waals surface area contributed by atoms with Crippen molar-refractivity contribution < 1.29 is 24.2 Å². The molecule has 4 N–H and O–H groups in total. The molecule has 3 rings (SSSR count). The van der Waals surface area contributed by atoms with Gasteiger partial charge < -0.3 is 20.5 Å². The lowest BCUT2D eigenvalue weighted by molar-refractivity contribution is -0.145. The number of carbonyl (C=O) groups excluding carboxylic acids is 2. The van der Waals surface area contributed by atoms with Crippen LogP contribution >= 0.6 is 11.3 Å². The fraction of sp³-hybridized carbons (Fsp3) is 0.500. The average Bonchev–Trinajstić information content (AvgIpc) is 3.51. The first-order chi connectivity index (χ1) is 25.1. The Balaban J connectivity index is 2.15. The highest BCUT2D eigenvalue weighted by molar-refractivity contribution is 7.22. The first-order valence-corrected chi connectivity index (χ1v) is 19.7. The highest BCUT2D eigenvalue weighted by atomic mass is 32.1. The monoisotopic (exact) mass is 745 g/mol. The van der Waals surface area contributed by atoms with E-state index in [1.54, 1.807) is 27.0 Å². The molecule has 0 aliphatic carbocycles. The molecule has 1 aromatic carbocycles. The number of carboxylic acid groups (broad SMARTS) is 1. The van der Waals surface area contributed by atoms with Gasteiger partial charge in [-0.15, -0.1) is 0 Å². The molecule has 3 amide bonds. The highest BCUT2D eigenvalue weighted by Crippen LogP contribution is 2.39. The standard InChI is InChI=1S/C42H59N5O5S/c1-11-20-42(37(48)49,47-40(51)52-41(8,9)10)21-19-29(13-3)28(7)30(14-4)24-31(23-27(6)12-2)32-25-33(34-18-16-17-22-44-34)36-35(26-32)45-39(53-36)46-38(50)43-15-5/h16-18,22-26,29H,11-15,19-21H2,1-10H3,(H,47,51)(H,48,49)(H2,43,45,46,50). The molecule has 0 aliphatic rings. The molecule has 0 bridgehead atoms. The number of alkyl carbamates (subject to hydrolysis) is 1. The van der Waals surface area contributed by atoms with Gasteiger partial charge in [0.15, 0.2) is 5.13 Å². The van der Waals surface area contributed by atoms with Gasteiger partial charge in [-0.3, -0.25) is 10.3 Å². The van der Waals surface area contributed by atoms with E-state index < -0.39 is 23.2 Å². The molecule has 288 valence electrons. The Morgan fingerprint density at radius 2 is 1.74 bits per heavy atom. The Bertz CT molecular complexity index is 1820. The molecule has 0 fully saturated rings. The molecule has 2 unspecified atom stereocenters. The Hall–Kier alpha value is -4.51. The zero-order valence-corrected chi connectivity index (χ0v) is 34.1. The summed E-state index contributed by atoms with van der Waals surface area (Å²) in [4.78, 5) is 47.5. The maximum Gasteiger partial charge on any atom is 0.408 e. The van der Waals surface area contributed by atoms with Crippen molar-refractivity contribution in [2.24, 2.45) is 5.92 Å². The number of anilines is 1. The van der Waals surface area contributed by atoms with Crippen LogP contribution in [0.2, 0.25) is 0 Å². The molecule has 2 aromatic heterocycles. The first-order valence-electron chi connectivity index (χ1n) is 18.8. The number of carbonyl (C=O) groups is 3. The van der Waals surface area contributed by atoms with Gasteiger partial charge in [-0.1, -0.05) is 74.8 Å². The number of aliphatic carboxylic acids is 1. The van der Waals surface area contributed by atoms with Gasteiger partial charge in [0.05, 0.1) is 15.9 Å². The van der Waals surface area contributed by atoms with E-state index in [0.717, 1.165) is 51.9 Å². The fourth-order valence-electron chi connectivity index (χ4n) is 6.38. The van der Waals surface area contributed by atoms with Crippen molar-refractivity contribution in [2.75, 3.05) is 11.9 Å². The number of carboxylic acids is 1. The van der Waals surface area contributed by atoms with Gasteiger partial charge >= 0.3 is 18.1 Å². The number of allylic oxidation sites excluding steroid dienone is 6. The molecule has 11 heteroatoms. The molecule has 2 atom stereocenters. The molecule has 53 heavy (non-hydrogen) atoms. The van der Waals surface area contributed by atoms with Gasteiger partial charge in [-0.2, -0.15) is 0 Å². The number of urea groups is 1.